The number of aromatic nitrogens is 2. The van der Waals surface area contributed by atoms with Gasteiger partial charge in [-0.15, -0.1) is 0 Å². The van der Waals surface area contributed by atoms with Crippen molar-refractivity contribution >= 4 is 18.0 Å². The van der Waals surface area contributed by atoms with Crippen molar-refractivity contribution < 1.29 is 14.9 Å². The van der Waals surface area contributed by atoms with Crippen molar-refractivity contribution in [2.45, 2.75) is 37.9 Å². The number of anilines is 1. The normalized spacial score (nSPS) is 32.9. The third kappa shape index (κ3) is 2.19. The van der Waals surface area contributed by atoms with Crippen LogP contribution in [0.1, 0.15) is 19.6 Å². The Kier molecular flexibility index (Phi) is 3.43. The van der Waals surface area contributed by atoms with Crippen LogP contribution in [0.4, 0.5) is 5.82 Å². The molecule has 1 aromatic rings. The third-order valence-corrected chi connectivity index (χ3v) is 3.17. The summed E-state index contributed by atoms with van der Waals surface area (Å²) in [7, 11) is 0. The lowest BCUT2D eigenvalue weighted by Crippen LogP contribution is -2.31. The minimum Gasteiger partial charge on any atom is -0.388 e. The Bertz CT molecular complexity index is 464. The van der Waals surface area contributed by atoms with Crippen LogP contribution in [0.15, 0.2) is 12.3 Å². The molecule has 1 aromatic heterocycles. The maximum Gasteiger partial charge on any atom is 0.203 e. The Morgan fingerprint density at radius 2 is 2.24 bits per heavy atom. The number of nitrogens with two attached hydrogens (primary N) is 1. The molecule has 2 rings (SSSR count). The second-order valence-corrected chi connectivity index (χ2v) is 4.36. The molecule has 0 saturated carbocycles. The number of ether oxygens (including phenoxy) is 1. The number of rotatable bonds is 2. The lowest BCUT2D eigenvalue weighted by atomic mass is 10.1. The summed E-state index contributed by atoms with van der Waals surface area (Å²) in [6.07, 6.45) is -0.820. The van der Waals surface area contributed by atoms with Crippen LogP contribution in [0, 0.1) is 4.77 Å². The average Bonchev–Trinajstić information content (AvgIpc) is 2.57. The van der Waals surface area contributed by atoms with E-state index in [9.17, 15) is 10.2 Å². The standard InChI is InChI=1S/C10H15N3O3S/c1-2-5-7(14)8(15)9(16-5)13-4-3-6(11)12-10(13)17/h3-5,7-9,14-15H,2H2,1H3,(H2,11,12,17)/t5-,7-,8-,9-/m1/s1. The Morgan fingerprint density at radius 1 is 1.53 bits per heavy atom. The van der Waals surface area contributed by atoms with Crippen LogP contribution in [0.3, 0.4) is 0 Å². The van der Waals surface area contributed by atoms with Crippen molar-refractivity contribution in [3.8, 4) is 0 Å². The van der Waals surface area contributed by atoms with Gasteiger partial charge in [-0.25, -0.2) is 4.98 Å². The summed E-state index contributed by atoms with van der Waals surface area (Å²) in [5.41, 5.74) is 5.50. The highest BCUT2D eigenvalue weighted by Gasteiger charge is 2.42. The van der Waals surface area contributed by atoms with E-state index in [1.54, 1.807) is 12.3 Å². The molecule has 7 heteroatoms. The van der Waals surface area contributed by atoms with Crippen LogP contribution in [0.5, 0.6) is 0 Å². The van der Waals surface area contributed by atoms with Crippen LogP contribution in [-0.4, -0.2) is 38.1 Å². The summed E-state index contributed by atoms with van der Waals surface area (Å²) in [5.74, 6) is 0.311. The van der Waals surface area contributed by atoms with Crippen molar-refractivity contribution in [2.75, 3.05) is 5.73 Å². The molecule has 1 aliphatic rings. The number of nitrogen functional groups attached to an aromatic ring is 1. The monoisotopic (exact) mass is 257 g/mol. The molecule has 0 radical (unpaired) electrons. The van der Waals surface area contributed by atoms with Crippen LogP contribution in [0.2, 0.25) is 0 Å². The van der Waals surface area contributed by atoms with Gasteiger partial charge in [-0.2, -0.15) is 0 Å². The SMILES string of the molecule is CC[C@H]1O[C@@H](n2ccc(N)nc2=S)[C@H](O)[C@@H]1O. The Morgan fingerprint density at radius 3 is 2.76 bits per heavy atom. The molecule has 0 amide bonds. The van der Waals surface area contributed by atoms with Crippen LogP contribution in [0.25, 0.3) is 0 Å². The van der Waals surface area contributed by atoms with Crippen molar-refractivity contribution in [3.05, 3.63) is 17.0 Å². The lowest BCUT2D eigenvalue weighted by Gasteiger charge is -2.18. The quantitative estimate of drug-likeness (QED) is 0.656. The van der Waals surface area contributed by atoms with E-state index in [0.717, 1.165) is 0 Å². The molecule has 2 heterocycles. The first-order chi connectivity index (χ1) is 8.04. The molecular formula is C10H15N3O3S. The number of hydrogen-bond acceptors (Lipinski definition) is 6. The maximum absolute atomic E-state index is 9.91. The van der Waals surface area contributed by atoms with Gasteiger partial charge in [0.25, 0.3) is 0 Å². The fraction of sp³-hybridized carbons (Fsp3) is 0.600. The zero-order valence-electron chi connectivity index (χ0n) is 9.35. The smallest absolute Gasteiger partial charge is 0.203 e. The minimum absolute atomic E-state index is 0.220. The first kappa shape index (κ1) is 12.4. The van der Waals surface area contributed by atoms with E-state index in [1.165, 1.54) is 4.57 Å². The van der Waals surface area contributed by atoms with Crippen molar-refractivity contribution in [2.24, 2.45) is 0 Å². The molecular weight excluding hydrogens is 242 g/mol. The molecule has 0 unspecified atom stereocenters. The first-order valence-corrected chi connectivity index (χ1v) is 5.81. The molecule has 94 valence electrons. The van der Waals surface area contributed by atoms with Crippen LogP contribution < -0.4 is 5.73 Å². The summed E-state index contributed by atoms with van der Waals surface area (Å²) in [4.78, 5) is 3.91. The lowest BCUT2D eigenvalue weighted by molar-refractivity contribution is -0.0392. The predicted molar refractivity (Wildman–Crippen MR) is 63.7 cm³/mol. The highest BCUT2D eigenvalue weighted by Crippen LogP contribution is 2.30. The van der Waals surface area contributed by atoms with Gasteiger partial charge in [-0.3, -0.25) is 4.57 Å². The van der Waals surface area contributed by atoms with E-state index in [1.807, 2.05) is 6.92 Å². The van der Waals surface area contributed by atoms with E-state index in [2.05, 4.69) is 4.98 Å². The molecule has 1 fully saturated rings. The number of hydrogen-bond donors (Lipinski definition) is 3. The Balaban J connectivity index is 2.32. The molecule has 1 saturated heterocycles. The fourth-order valence-electron chi connectivity index (χ4n) is 1.92. The van der Waals surface area contributed by atoms with Gasteiger partial charge in [0.15, 0.2) is 6.23 Å². The van der Waals surface area contributed by atoms with Gasteiger partial charge in [0.1, 0.15) is 18.0 Å². The molecule has 1 aliphatic heterocycles. The van der Waals surface area contributed by atoms with Gasteiger partial charge in [0.05, 0.1) is 6.10 Å². The van der Waals surface area contributed by atoms with Crippen molar-refractivity contribution in [3.63, 3.8) is 0 Å². The van der Waals surface area contributed by atoms with E-state index in [0.29, 0.717) is 12.2 Å². The second-order valence-electron chi connectivity index (χ2n) is 4.00. The van der Waals surface area contributed by atoms with Gasteiger partial charge < -0.3 is 20.7 Å². The first-order valence-electron chi connectivity index (χ1n) is 5.41. The Labute approximate surface area is 104 Å². The second kappa shape index (κ2) is 4.69. The molecule has 4 atom stereocenters. The summed E-state index contributed by atoms with van der Waals surface area (Å²) in [6.45, 7) is 1.88. The van der Waals surface area contributed by atoms with Gasteiger partial charge in [-0.05, 0) is 24.7 Å². The zero-order valence-corrected chi connectivity index (χ0v) is 10.2. The van der Waals surface area contributed by atoms with Crippen LogP contribution in [-0.2, 0) is 4.74 Å². The summed E-state index contributed by atoms with van der Waals surface area (Å²) in [5, 5.41) is 19.7. The fourth-order valence-corrected chi connectivity index (χ4v) is 2.19. The number of aliphatic hydroxyl groups is 2. The molecule has 0 spiro atoms. The number of nitrogens with zero attached hydrogens (tertiary/aromatic N) is 2. The highest BCUT2D eigenvalue weighted by atomic mass is 32.1. The van der Waals surface area contributed by atoms with Crippen molar-refractivity contribution in [1.29, 1.82) is 0 Å². The Hall–Kier alpha value is -1.02. The summed E-state index contributed by atoms with van der Waals surface area (Å²) < 4.78 is 7.27. The summed E-state index contributed by atoms with van der Waals surface area (Å²) >= 11 is 5.04. The van der Waals surface area contributed by atoms with Gasteiger partial charge in [-0.1, -0.05) is 6.92 Å². The topological polar surface area (TPSA) is 93.5 Å². The summed E-state index contributed by atoms with van der Waals surface area (Å²) in [6, 6.07) is 1.57. The molecule has 4 N–H and O–H groups in total. The van der Waals surface area contributed by atoms with E-state index < -0.39 is 24.5 Å². The van der Waals surface area contributed by atoms with Crippen LogP contribution >= 0.6 is 12.2 Å². The third-order valence-electron chi connectivity index (χ3n) is 2.87. The van der Waals surface area contributed by atoms with Gasteiger partial charge in [0, 0.05) is 6.20 Å². The largest absolute Gasteiger partial charge is 0.388 e. The van der Waals surface area contributed by atoms with E-state index in [-0.39, 0.29) is 4.77 Å². The van der Waals surface area contributed by atoms with Gasteiger partial charge in [0.2, 0.25) is 4.77 Å². The average molecular weight is 257 g/mol. The molecule has 0 aliphatic carbocycles. The minimum atomic E-state index is -1.02. The van der Waals surface area contributed by atoms with Crippen molar-refractivity contribution in [1.82, 2.24) is 9.55 Å². The van der Waals surface area contributed by atoms with Gasteiger partial charge >= 0.3 is 0 Å². The van der Waals surface area contributed by atoms with E-state index >= 15 is 0 Å². The zero-order chi connectivity index (χ0) is 12.6. The predicted octanol–water partition coefficient (Wildman–Crippen LogP) is 0.224. The maximum atomic E-state index is 9.91. The molecule has 6 nitrogen and oxygen atoms in total. The molecule has 17 heavy (non-hydrogen) atoms. The number of aliphatic hydroxyl groups excluding tert-OH is 2. The highest BCUT2D eigenvalue weighted by molar-refractivity contribution is 7.71. The molecule has 0 bridgehead atoms. The van der Waals surface area contributed by atoms with E-state index in [4.69, 9.17) is 22.7 Å². The molecule has 0 aromatic carbocycles.